The third-order valence-corrected chi connectivity index (χ3v) is 7.11. The van der Waals surface area contributed by atoms with E-state index in [9.17, 15) is 14.7 Å². The Hall–Kier alpha value is -3.28. The van der Waals surface area contributed by atoms with Crippen molar-refractivity contribution in [3.8, 4) is 5.75 Å². The Balaban J connectivity index is 1.55. The summed E-state index contributed by atoms with van der Waals surface area (Å²) in [6.45, 7) is 1.85. The number of nitrogens with zero attached hydrogens (tertiary/aromatic N) is 2. The molecule has 0 radical (unpaired) electrons. The first-order valence-electron chi connectivity index (χ1n) is 11.7. The first-order valence-corrected chi connectivity index (χ1v) is 11.7. The number of carbonyl (C=O) groups excluding carboxylic acids is 2. The zero-order valence-corrected chi connectivity index (χ0v) is 18.7. The van der Waals surface area contributed by atoms with Crippen molar-refractivity contribution in [3.05, 3.63) is 71.2 Å². The quantitative estimate of drug-likeness (QED) is 0.681. The van der Waals surface area contributed by atoms with Gasteiger partial charge in [0.05, 0.1) is 0 Å². The van der Waals surface area contributed by atoms with E-state index in [0.29, 0.717) is 24.1 Å². The van der Waals surface area contributed by atoms with Crippen molar-refractivity contribution in [3.63, 3.8) is 0 Å². The normalized spacial score (nSPS) is 25.5. The van der Waals surface area contributed by atoms with Crippen LogP contribution in [0.25, 0.3) is 0 Å². The zero-order chi connectivity index (χ0) is 22.9. The number of phenolic OH excluding ortho intramolecular Hbond substituents is 1. The number of aromatic nitrogens is 1. The summed E-state index contributed by atoms with van der Waals surface area (Å²) in [6, 6.07) is 10.7. The highest BCUT2D eigenvalue weighted by molar-refractivity contribution is 6.09. The van der Waals surface area contributed by atoms with E-state index in [-0.39, 0.29) is 29.5 Å². The first kappa shape index (κ1) is 21.6. The standard InChI is InChI=1S/C27H28N2O4/c1-16-24(27(32)33-21-9-2-3-10-21)25(17-6-4-8-20(30)12-17)26-22(29-16)13-19(14-23(26)31)18-7-5-11-28-15-18/h4-8,11-12,15,19,21,24-25,30H,2-3,9-10,13-14H2,1H3. The van der Waals surface area contributed by atoms with Crippen LogP contribution in [0, 0.1) is 5.92 Å². The number of carbonyl (C=O) groups is 2. The summed E-state index contributed by atoms with van der Waals surface area (Å²) < 4.78 is 5.88. The number of aromatic hydroxyl groups is 1. The smallest absolute Gasteiger partial charge is 0.315 e. The summed E-state index contributed by atoms with van der Waals surface area (Å²) in [5.74, 6) is -1.41. The zero-order valence-electron chi connectivity index (χ0n) is 18.7. The van der Waals surface area contributed by atoms with E-state index in [1.54, 1.807) is 30.6 Å². The Morgan fingerprint density at radius 1 is 1.09 bits per heavy atom. The lowest BCUT2D eigenvalue weighted by Gasteiger charge is -2.36. The Labute approximate surface area is 193 Å². The molecule has 3 atom stereocenters. The predicted octanol–water partition coefficient (Wildman–Crippen LogP) is 4.85. The number of benzene rings is 1. The Kier molecular flexibility index (Phi) is 5.83. The highest BCUT2D eigenvalue weighted by atomic mass is 16.5. The van der Waals surface area contributed by atoms with Gasteiger partial charge in [-0.3, -0.25) is 19.6 Å². The molecule has 0 spiro atoms. The van der Waals surface area contributed by atoms with Gasteiger partial charge >= 0.3 is 5.97 Å². The Bertz CT molecular complexity index is 1130. The summed E-state index contributed by atoms with van der Waals surface area (Å²) in [4.78, 5) is 35.9. The molecule has 33 heavy (non-hydrogen) atoms. The van der Waals surface area contributed by atoms with Crippen molar-refractivity contribution in [2.45, 2.75) is 63.4 Å². The van der Waals surface area contributed by atoms with Crippen LogP contribution in [0.2, 0.25) is 0 Å². The SMILES string of the molecule is CC1=NC2=C(C(=O)CC(c3cccnc3)C2)C(c2cccc(O)c2)C1C(=O)OC1CCCC1. The Morgan fingerprint density at radius 3 is 2.61 bits per heavy atom. The van der Waals surface area contributed by atoms with E-state index in [1.807, 2.05) is 25.1 Å². The molecule has 3 aliphatic rings. The molecule has 0 bridgehead atoms. The molecule has 2 aliphatic carbocycles. The summed E-state index contributed by atoms with van der Waals surface area (Å²) in [7, 11) is 0. The molecule has 3 unspecified atom stereocenters. The highest BCUT2D eigenvalue weighted by Crippen LogP contribution is 2.47. The molecule has 170 valence electrons. The molecule has 1 aromatic heterocycles. The third kappa shape index (κ3) is 4.22. The molecule has 1 N–H and O–H groups in total. The second kappa shape index (κ2) is 8.93. The number of hydrogen-bond donors (Lipinski definition) is 1. The molecule has 1 aromatic carbocycles. The molecule has 1 aliphatic heterocycles. The van der Waals surface area contributed by atoms with Crippen LogP contribution < -0.4 is 0 Å². The average Bonchev–Trinajstić information content (AvgIpc) is 3.31. The van der Waals surface area contributed by atoms with Gasteiger partial charge in [-0.25, -0.2) is 0 Å². The number of phenols is 1. The van der Waals surface area contributed by atoms with Gasteiger partial charge in [-0.05, 0) is 74.3 Å². The van der Waals surface area contributed by atoms with Gasteiger partial charge in [0.15, 0.2) is 5.78 Å². The van der Waals surface area contributed by atoms with Crippen molar-refractivity contribution in [1.82, 2.24) is 4.98 Å². The predicted molar refractivity (Wildman–Crippen MR) is 124 cm³/mol. The fourth-order valence-corrected chi connectivity index (χ4v) is 5.54. The van der Waals surface area contributed by atoms with E-state index in [2.05, 4.69) is 4.98 Å². The van der Waals surface area contributed by atoms with Crippen molar-refractivity contribution < 1.29 is 19.4 Å². The topological polar surface area (TPSA) is 88.9 Å². The maximum Gasteiger partial charge on any atom is 0.315 e. The molecule has 0 saturated heterocycles. The van der Waals surface area contributed by atoms with Crippen LogP contribution in [0.4, 0.5) is 0 Å². The second-order valence-corrected chi connectivity index (χ2v) is 9.32. The van der Waals surface area contributed by atoms with Crippen LogP contribution >= 0.6 is 0 Å². The van der Waals surface area contributed by atoms with Gasteiger partial charge < -0.3 is 9.84 Å². The van der Waals surface area contributed by atoms with E-state index in [1.165, 1.54) is 0 Å². The molecule has 2 heterocycles. The van der Waals surface area contributed by atoms with Crippen LogP contribution in [0.15, 0.2) is 65.1 Å². The van der Waals surface area contributed by atoms with Crippen LogP contribution in [-0.4, -0.2) is 33.7 Å². The summed E-state index contributed by atoms with van der Waals surface area (Å²) in [6.07, 6.45) is 8.31. The number of Topliss-reactive ketones (excluding diaryl/α,β-unsaturated/α-hetero) is 1. The van der Waals surface area contributed by atoms with Gasteiger partial charge in [0.2, 0.25) is 0 Å². The minimum atomic E-state index is -0.676. The molecule has 5 rings (SSSR count). The summed E-state index contributed by atoms with van der Waals surface area (Å²) >= 11 is 0. The number of rotatable bonds is 4. The van der Waals surface area contributed by atoms with Gasteiger partial charge in [-0.2, -0.15) is 0 Å². The molecule has 6 heteroatoms. The monoisotopic (exact) mass is 444 g/mol. The molecule has 6 nitrogen and oxygen atoms in total. The fourth-order valence-electron chi connectivity index (χ4n) is 5.54. The number of hydrogen-bond acceptors (Lipinski definition) is 6. The lowest BCUT2D eigenvalue weighted by molar-refractivity contribution is -0.151. The molecular formula is C27H28N2O4. The molecule has 0 amide bonds. The van der Waals surface area contributed by atoms with Crippen molar-refractivity contribution >= 4 is 17.5 Å². The number of ether oxygens (including phenoxy) is 1. The van der Waals surface area contributed by atoms with Gasteiger partial charge in [0.1, 0.15) is 17.8 Å². The van der Waals surface area contributed by atoms with Gasteiger partial charge in [-0.15, -0.1) is 0 Å². The lowest BCUT2D eigenvalue weighted by Crippen LogP contribution is -2.39. The fraction of sp³-hybridized carbons (Fsp3) is 0.407. The average molecular weight is 445 g/mol. The van der Waals surface area contributed by atoms with Crippen LogP contribution in [0.5, 0.6) is 5.75 Å². The number of esters is 1. The minimum absolute atomic E-state index is 0.00615. The van der Waals surface area contributed by atoms with Crippen LogP contribution in [0.1, 0.15) is 68.4 Å². The maximum absolute atomic E-state index is 13.5. The second-order valence-electron chi connectivity index (χ2n) is 9.32. The summed E-state index contributed by atoms with van der Waals surface area (Å²) in [5, 5.41) is 10.2. The third-order valence-electron chi connectivity index (χ3n) is 7.11. The van der Waals surface area contributed by atoms with Crippen LogP contribution in [-0.2, 0) is 14.3 Å². The van der Waals surface area contributed by atoms with Crippen molar-refractivity contribution in [2.24, 2.45) is 10.9 Å². The van der Waals surface area contributed by atoms with E-state index >= 15 is 0 Å². The molecular weight excluding hydrogens is 416 g/mol. The van der Waals surface area contributed by atoms with Gasteiger partial charge in [0.25, 0.3) is 0 Å². The van der Waals surface area contributed by atoms with E-state index < -0.39 is 11.8 Å². The number of allylic oxidation sites excluding steroid dienone is 2. The summed E-state index contributed by atoms with van der Waals surface area (Å²) in [5.41, 5.74) is 3.72. The van der Waals surface area contributed by atoms with Crippen LogP contribution in [0.3, 0.4) is 0 Å². The van der Waals surface area contributed by atoms with Crippen molar-refractivity contribution in [1.29, 1.82) is 0 Å². The highest BCUT2D eigenvalue weighted by Gasteiger charge is 2.45. The number of pyridine rings is 1. The van der Waals surface area contributed by atoms with E-state index in [0.717, 1.165) is 42.5 Å². The minimum Gasteiger partial charge on any atom is -0.508 e. The Morgan fingerprint density at radius 2 is 1.88 bits per heavy atom. The molecule has 1 fully saturated rings. The maximum atomic E-state index is 13.5. The van der Waals surface area contributed by atoms with Gasteiger partial charge in [0, 0.05) is 41.7 Å². The number of ketones is 1. The first-order chi connectivity index (χ1) is 16.0. The largest absolute Gasteiger partial charge is 0.508 e. The number of aliphatic imine (C=N–C) groups is 1. The van der Waals surface area contributed by atoms with Gasteiger partial charge in [-0.1, -0.05) is 18.2 Å². The molecule has 2 aromatic rings. The lowest BCUT2D eigenvalue weighted by atomic mass is 9.69. The van der Waals surface area contributed by atoms with E-state index in [4.69, 9.17) is 9.73 Å². The van der Waals surface area contributed by atoms with Crippen molar-refractivity contribution in [2.75, 3.05) is 0 Å². The molecule has 1 saturated carbocycles.